The molecule has 1 atom stereocenters. The predicted octanol–water partition coefficient (Wildman–Crippen LogP) is 3.70. The monoisotopic (exact) mass is 308 g/mol. The minimum atomic E-state index is -0.383. The Kier molecular flexibility index (Phi) is 3.88. The van der Waals surface area contributed by atoms with Crippen molar-refractivity contribution in [3.05, 3.63) is 45.7 Å². The third-order valence-electron chi connectivity index (χ3n) is 3.11. The molecule has 0 aliphatic rings. The number of hydrogen-bond acceptors (Lipinski definition) is 2. The molecule has 0 aliphatic carbocycles. The fraction of sp³-hybridized carbons (Fsp3) is 0.357. The molecule has 0 bridgehead atoms. The molecule has 1 heterocycles. The molecule has 2 aromatic rings. The number of aryl methyl sites for hydroxylation is 1. The summed E-state index contributed by atoms with van der Waals surface area (Å²) in [7, 11) is 0. The predicted molar refractivity (Wildman–Crippen MR) is 76.0 cm³/mol. The van der Waals surface area contributed by atoms with Gasteiger partial charge in [-0.05, 0) is 53.9 Å². The molecule has 0 fully saturated rings. The molecule has 0 saturated heterocycles. The Hall–Kier alpha value is -1.13. The summed E-state index contributed by atoms with van der Waals surface area (Å²) in [5.41, 5.74) is 4.01. The summed E-state index contributed by atoms with van der Waals surface area (Å²) >= 11 is 3.52. The zero-order valence-corrected chi connectivity index (χ0v) is 12.4. The van der Waals surface area contributed by atoms with Crippen LogP contribution in [0.2, 0.25) is 0 Å². The molecule has 1 N–H and O–H groups in total. The average Bonchev–Trinajstić information content (AvgIpc) is 2.66. The van der Waals surface area contributed by atoms with E-state index in [1.165, 1.54) is 0 Å². The van der Waals surface area contributed by atoms with Gasteiger partial charge < -0.3 is 5.11 Å². The van der Waals surface area contributed by atoms with Gasteiger partial charge in [0, 0.05) is 0 Å². The van der Waals surface area contributed by atoms with Gasteiger partial charge in [-0.15, -0.1) is 0 Å². The van der Waals surface area contributed by atoms with Crippen LogP contribution >= 0.6 is 15.9 Å². The van der Waals surface area contributed by atoms with Gasteiger partial charge in [0.15, 0.2) is 0 Å². The number of aliphatic hydroxyl groups is 1. The van der Waals surface area contributed by atoms with E-state index in [9.17, 15) is 5.11 Å². The van der Waals surface area contributed by atoms with Crippen LogP contribution < -0.4 is 0 Å². The maximum absolute atomic E-state index is 9.76. The fourth-order valence-electron chi connectivity index (χ4n) is 1.95. The molecule has 18 heavy (non-hydrogen) atoms. The highest BCUT2D eigenvalue weighted by Crippen LogP contribution is 2.24. The van der Waals surface area contributed by atoms with Crippen molar-refractivity contribution in [1.29, 1.82) is 0 Å². The van der Waals surface area contributed by atoms with Crippen molar-refractivity contribution >= 4 is 15.9 Å². The van der Waals surface area contributed by atoms with Crippen LogP contribution in [0.3, 0.4) is 0 Å². The normalized spacial score (nSPS) is 12.7. The number of aliphatic hydroxyl groups excluding tert-OH is 1. The largest absolute Gasteiger partial charge is 0.388 e. The van der Waals surface area contributed by atoms with Crippen molar-refractivity contribution in [2.45, 2.75) is 33.3 Å². The second-order valence-corrected chi connectivity index (χ2v) is 5.21. The standard InChI is InChI=1S/C14H17BrN2O/c1-4-13(18)11-5-7-12(8-6-11)17-10(3)14(15)9(2)16-17/h5-8,13,18H,4H2,1-3H3/t13-/m0/s1. The molecular weight excluding hydrogens is 292 g/mol. The first kappa shape index (κ1) is 13.3. The third-order valence-corrected chi connectivity index (χ3v) is 4.26. The van der Waals surface area contributed by atoms with Gasteiger partial charge in [0.25, 0.3) is 0 Å². The van der Waals surface area contributed by atoms with Crippen LogP contribution in [0.4, 0.5) is 0 Å². The summed E-state index contributed by atoms with van der Waals surface area (Å²) in [6, 6.07) is 7.88. The minimum absolute atomic E-state index is 0.383. The highest BCUT2D eigenvalue weighted by Gasteiger charge is 2.11. The van der Waals surface area contributed by atoms with E-state index in [0.29, 0.717) is 0 Å². The van der Waals surface area contributed by atoms with Gasteiger partial charge in [0.05, 0.1) is 27.7 Å². The molecule has 0 spiro atoms. The van der Waals surface area contributed by atoms with E-state index >= 15 is 0 Å². The quantitative estimate of drug-likeness (QED) is 0.939. The number of hydrogen-bond donors (Lipinski definition) is 1. The summed E-state index contributed by atoms with van der Waals surface area (Å²) in [4.78, 5) is 0. The number of benzene rings is 1. The Morgan fingerprint density at radius 1 is 1.28 bits per heavy atom. The average molecular weight is 309 g/mol. The van der Waals surface area contributed by atoms with E-state index in [2.05, 4.69) is 21.0 Å². The number of nitrogens with zero attached hydrogens (tertiary/aromatic N) is 2. The first-order valence-electron chi connectivity index (χ1n) is 6.04. The van der Waals surface area contributed by atoms with E-state index in [0.717, 1.165) is 33.5 Å². The Morgan fingerprint density at radius 2 is 1.89 bits per heavy atom. The van der Waals surface area contributed by atoms with Crippen molar-refractivity contribution < 1.29 is 5.11 Å². The highest BCUT2D eigenvalue weighted by molar-refractivity contribution is 9.10. The van der Waals surface area contributed by atoms with Gasteiger partial charge in [0.2, 0.25) is 0 Å². The lowest BCUT2D eigenvalue weighted by atomic mass is 10.1. The number of aromatic nitrogens is 2. The van der Waals surface area contributed by atoms with Crippen LogP contribution in [0.1, 0.15) is 36.4 Å². The van der Waals surface area contributed by atoms with Crippen LogP contribution in [0.15, 0.2) is 28.7 Å². The second kappa shape index (κ2) is 5.24. The molecule has 1 aromatic carbocycles. The summed E-state index contributed by atoms with van der Waals surface area (Å²) in [6.45, 7) is 5.97. The fourth-order valence-corrected chi connectivity index (χ4v) is 2.20. The first-order chi connectivity index (χ1) is 8.54. The maximum atomic E-state index is 9.76. The lowest BCUT2D eigenvalue weighted by molar-refractivity contribution is 0.173. The molecule has 1 aromatic heterocycles. The molecule has 0 amide bonds. The molecule has 96 valence electrons. The topological polar surface area (TPSA) is 38.0 Å². The van der Waals surface area contributed by atoms with Crippen LogP contribution in [0, 0.1) is 13.8 Å². The lowest BCUT2D eigenvalue weighted by Crippen LogP contribution is -2.00. The van der Waals surface area contributed by atoms with Crippen molar-refractivity contribution in [2.24, 2.45) is 0 Å². The Labute approximate surface area is 116 Å². The second-order valence-electron chi connectivity index (χ2n) is 4.41. The summed E-state index contributed by atoms with van der Waals surface area (Å²) in [5, 5.41) is 14.2. The smallest absolute Gasteiger partial charge is 0.0787 e. The zero-order chi connectivity index (χ0) is 13.3. The van der Waals surface area contributed by atoms with Gasteiger partial charge in [-0.25, -0.2) is 4.68 Å². The van der Waals surface area contributed by atoms with Crippen molar-refractivity contribution in [1.82, 2.24) is 9.78 Å². The molecule has 0 radical (unpaired) electrons. The molecule has 2 rings (SSSR count). The zero-order valence-electron chi connectivity index (χ0n) is 10.8. The van der Waals surface area contributed by atoms with E-state index in [1.807, 2.05) is 49.7 Å². The van der Waals surface area contributed by atoms with Crippen molar-refractivity contribution in [2.75, 3.05) is 0 Å². The van der Waals surface area contributed by atoms with Crippen LogP contribution in [-0.2, 0) is 0 Å². The molecule has 0 unspecified atom stereocenters. The van der Waals surface area contributed by atoms with Crippen LogP contribution in [0.25, 0.3) is 5.69 Å². The van der Waals surface area contributed by atoms with Gasteiger partial charge in [0.1, 0.15) is 0 Å². The van der Waals surface area contributed by atoms with Crippen molar-refractivity contribution in [3.63, 3.8) is 0 Å². The molecular formula is C14H17BrN2O. The van der Waals surface area contributed by atoms with E-state index in [1.54, 1.807) is 0 Å². The number of halogens is 1. The van der Waals surface area contributed by atoms with Gasteiger partial charge in [-0.1, -0.05) is 19.1 Å². The summed E-state index contributed by atoms with van der Waals surface area (Å²) in [6.07, 6.45) is 0.344. The molecule has 0 saturated carbocycles. The van der Waals surface area contributed by atoms with Crippen LogP contribution in [0.5, 0.6) is 0 Å². The van der Waals surface area contributed by atoms with Gasteiger partial charge >= 0.3 is 0 Å². The van der Waals surface area contributed by atoms with E-state index in [-0.39, 0.29) is 6.10 Å². The Bertz CT molecular complexity index is 546. The van der Waals surface area contributed by atoms with Crippen LogP contribution in [-0.4, -0.2) is 14.9 Å². The third kappa shape index (κ3) is 2.35. The Balaban J connectivity index is 2.37. The van der Waals surface area contributed by atoms with Gasteiger partial charge in [-0.3, -0.25) is 0 Å². The van der Waals surface area contributed by atoms with E-state index < -0.39 is 0 Å². The molecule has 4 heteroatoms. The first-order valence-corrected chi connectivity index (χ1v) is 6.84. The van der Waals surface area contributed by atoms with Gasteiger partial charge in [-0.2, -0.15) is 5.10 Å². The molecule has 0 aliphatic heterocycles. The summed E-state index contributed by atoms with van der Waals surface area (Å²) in [5.74, 6) is 0. The summed E-state index contributed by atoms with van der Waals surface area (Å²) < 4.78 is 2.95. The lowest BCUT2D eigenvalue weighted by Gasteiger charge is -2.10. The maximum Gasteiger partial charge on any atom is 0.0787 e. The Morgan fingerprint density at radius 3 is 2.33 bits per heavy atom. The minimum Gasteiger partial charge on any atom is -0.388 e. The highest BCUT2D eigenvalue weighted by atomic mass is 79.9. The van der Waals surface area contributed by atoms with Crippen molar-refractivity contribution in [3.8, 4) is 5.69 Å². The van der Waals surface area contributed by atoms with E-state index in [4.69, 9.17) is 0 Å². The number of rotatable bonds is 3. The molecule has 3 nitrogen and oxygen atoms in total. The SMILES string of the molecule is CC[C@H](O)c1ccc(-n2nc(C)c(Br)c2C)cc1.